The van der Waals surface area contributed by atoms with Crippen LogP contribution < -0.4 is 11.1 Å². The van der Waals surface area contributed by atoms with Crippen LogP contribution >= 0.6 is 28.3 Å². The number of nitrogens with one attached hydrogen (secondary N) is 1. The Bertz CT molecular complexity index is 991. The van der Waals surface area contributed by atoms with Crippen LogP contribution in [0.25, 0.3) is 5.65 Å². The number of carbonyl (C=O) groups excluding carboxylic acids is 2. The van der Waals surface area contributed by atoms with Gasteiger partial charge in [-0.2, -0.15) is 0 Å². The predicted octanol–water partition coefficient (Wildman–Crippen LogP) is 2.88. The summed E-state index contributed by atoms with van der Waals surface area (Å²) >= 11 is 3.38. The summed E-state index contributed by atoms with van der Waals surface area (Å²) in [5.41, 5.74) is 8.33. The molecule has 3 rings (SSSR count). The number of pyridine rings is 1. The predicted molar refractivity (Wildman–Crippen MR) is 116 cm³/mol. The van der Waals surface area contributed by atoms with Gasteiger partial charge in [0.1, 0.15) is 17.4 Å². The maximum atomic E-state index is 12.7. The Kier molecular flexibility index (Phi) is 8.19. The number of imidazole rings is 1. The Morgan fingerprint density at radius 1 is 1.17 bits per heavy atom. The molecule has 9 heteroatoms. The van der Waals surface area contributed by atoms with Crippen molar-refractivity contribution < 1.29 is 14.3 Å². The second-order valence-corrected chi connectivity index (χ2v) is 7.16. The number of halogens is 2. The third-order valence-electron chi connectivity index (χ3n) is 4.21. The first-order chi connectivity index (χ1) is 13.5. The molecule has 0 radical (unpaired) electrons. The van der Waals surface area contributed by atoms with Crippen molar-refractivity contribution in [1.82, 2.24) is 14.7 Å². The molecule has 154 valence electrons. The Morgan fingerprint density at radius 2 is 1.86 bits per heavy atom. The molecular formula is C20H22BrClN4O3. The largest absolute Gasteiger partial charge is 0.464 e. The van der Waals surface area contributed by atoms with Crippen LogP contribution in [0.5, 0.6) is 0 Å². The molecule has 0 bridgehead atoms. The minimum absolute atomic E-state index is 0. The van der Waals surface area contributed by atoms with Crippen LogP contribution in [0.4, 0.5) is 0 Å². The monoisotopic (exact) mass is 480 g/mol. The second-order valence-electron chi connectivity index (χ2n) is 6.24. The highest BCUT2D eigenvalue weighted by Gasteiger charge is 2.24. The molecule has 0 spiro atoms. The van der Waals surface area contributed by atoms with Crippen LogP contribution in [0.3, 0.4) is 0 Å². The zero-order valence-electron chi connectivity index (χ0n) is 15.8. The number of esters is 1. The maximum Gasteiger partial charge on any atom is 0.328 e. The Hall–Kier alpha value is -2.42. The van der Waals surface area contributed by atoms with Gasteiger partial charge in [0.2, 0.25) is 0 Å². The third kappa shape index (κ3) is 5.79. The van der Waals surface area contributed by atoms with Crippen molar-refractivity contribution in [3.63, 3.8) is 0 Å². The third-order valence-corrected chi connectivity index (χ3v) is 4.74. The molecule has 0 aliphatic heterocycles. The zero-order valence-corrected chi connectivity index (χ0v) is 18.2. The van der Waals surface area contributed by atoms with Crippen molar-refractivity contribution in [2.24, 2.45) is 5.73 Å². The molecule has 29 heavy (non-hydrogen) atoms. The second kappa shape index (κ2) is 10.4. The van der Waals surface area contributed by atoms with Gasteiger partial charge in [0.15, 0.2) is 0 Å². The van der Waals surface area contributed by atoms with E-state index >= 15 is 0 Å². The fourth-order valence-corrected chi connectivity index (χ4v) is 3.06. The SMILES string of the molecule is CCOC(=O)C(Cc1ccc(Br)cc1)NC(=O)c1cn2cc(CN)ccc2n1.Cl. The van der Waals surface area contributed by atoms with Crippen molar-refractivity contribution in [2.45, 2.75) is 25.9 Å². The maximum absolute atomic E-state index is 12.7. The van der Waals surface area contributed by atoms with Gasteiger partial charge >= 0.3 is 5.97 Å². The highest BCUT2D eigenvalue weighted by molar-refractivity contribution is 9.10. The van der Waals surface area contributed by atoms with E-state index in [0.717, 1.165) is 15.6 Å². The molecule has 0 saturated heterocycles. The molecule has 2 heterocycles. The number of hydrogen-bond donors (Lipinski definition) is 2. The Labute approximate surface area is 183 Å². The molecule has 7 nitrogen and oxygen atoms in total. The van der Waals surface area contributed by atoms with E-state index in [2.05, 4.69) is 26.2 Å². The van der Waals surface area contributed by atoms with Gasteiger partial charge in [0.25, 0.3) is 5.91 Å². The fourth-order valence-electron chi connectivity index (χ4n) is 2.79. The molecule has 0 fully saturated rings. The molecule has 2 aromatic heterocycles. The summed E-state index contributed by atoms with van der Waals surface area (Å²) in [4.78, 5) is 29.4. The Balaban J connectivity index is 0.00000300. The molecule has 3 N–H and O–H groups in total. The van der Waals surface area contributed by atoms with Gasteiger partial charge in [-0.1, -0.05) is 34.1 Å². The van der Waals surface area contributed by atoms with E-state index in [1.54, 1.807) is 23.6 Å². The highest BCUT2D eigenvalue weighted by Crippen LogP contribution is 2.13. The van der Waals surface area contributed by atoms with Crippen molar-refractivity contribution in [3.05, 3.63) is 70.1 Å². The van der Waals surface area contributed by atoms with Gasteiger partial charge < -0.3 is 20.2 Å². The van der Waals surface area contributed by atoms with Crippen LogP contribution in [0.1, 0.15) is 28.5 Å². The first-order valence-electron chi connectivity index (χ1n) is 8.89. The van der Waals surface area contributed by atoms with E-state index in [9.17, 15) is 9.59 Å². The van der Waals surface area contributed by atoms with Crippen molar-refractivity contribution in [1.29, 1.82) is 0 Å². The van der Waals surface area contributed by atoms with Gasteiger partial charge in [-0.25, -0.2) is 9.78 Å². The van der Waals surface area contributed by atoms with E-state index < -0.39 is 17.9 Å². The summed E-state index contributed by atoms with van der Waals surface area (Å²) in [6.45, 7) is 2.36. The van der Waals surface area contributed by atoms with E-state index in [1.165, 1.54) is 0 Å². The van der Waals surface area contributed by atoms with E-state index in [0.29, 0.717) is 18.6 Å². The smallest absolute Gasteiger partial charge is 0.328 e. The number of nitrogens with two attached hydrogens (primary N) is 1. The molecule has 1 unspecified atom stereocenters. The summed E-state index contributed by atoms with van der Waals surface area (Å²) in [5.74, 6) is -0.916. The first kappa shape index (κ1) is 22.9. The fraction of sp³-hybridized carbons (Fsp3) is 0.250. The quantitative estimate of drug-likeness (QED) is 0.506. The lowest BCUT2D eigenvalue weighted by Crippen LogP contribution is -2.43. The van der Waals surface area contributed by atoms with Crippen molar-refractivity contribution >= 4 is 45.9 Å². The van der Waals surface area contributed by atoms with Gasteiger partial charge in [0, 0.05) is 29.8 Å². The summed E-state index contributed by atoms with van der Waals surface area (Å²) < 4.78 is 7.80. The number of aromatic nitrogens is 2. The summed E-state index contributed by atoms with van der Waals surface area (Å²) in [6.07, 6.45) is 3.76. The van der Waals surface area contributed by atoms with Crippen molar-refractivity contribution in [3.8, 4) is 0 Å². The molecule has 1 aromatic carbocycles. The summed E-state index contributed by atoms with van der Waals surface area (Å²) in [6, 6.07) is 10.4. The number of benzene rings is 1. The van der Waals surface area contributed by atoms with Crippen LogP contribution in [-0.2, 0) is 22.5 Å². The van der Waals surface area contributed by atoms with Gasteiger partial charge in [0.05, 0.1) is 6.61 Å². The Morgan fingerprint density at radius 3 is 2.52 bits per heavy atom. The number of rotatable bonds is 7. The standard InChI is InChI=1S/C20H21BrN4O3.ClH/c1-2-28-20(27)16(9-13-3-6-15(21)7-4-13)24-19(26)17-12-25-11-14(10-22)5-8-18(25)23-17;/h3-8,11-12,16H,2,9-10,22H2,1H3,(H,24,26);1H. The molecule has 0 aliphatic rings. The van der Waals surface area contributed by atoms with E-state index in [4.69, 9.17) is 10.5 Å². The van der Waals surface area contributed by atoms with Gasteiger partial charge in [-0.15, -0.1) is 12.4 Å². The van der Waals surface area contributed by atoms with Crippen LogP contribution in [0.15, 0.2) is 53.3 Å². The van der Waals surface area contributed by atoms with Gasteiger partial charge in [-0.05, 0) is 36.2 Å². The van der Waals surface area contributed by atoms with E-state index in [-0.39, 0.29) is 24.7 Å². The number of ether oxygens (including phenoxy) is 1. The van der Waals surface area contributed by atoms with Crippen LogP contribution in [0, 0.1) is 0 Å². The molecular weight excluding hydrogens is 460 g/mol. The van der Waals surface area contributed by atoms with Gasteiger partial charge in [-0.3, -0.25) is 4.79 Å². The molecule has 0 aliphatic carbocycles. The number of nitrogens with zero attached hydrogens (tertiary/aromatic N) is 2. The van der Waals surface area contributed by atoms with Crippen LogP contribution in [-0.4, -0.2) is 33.9 Å². The molecule has 0 saturated carbocycles. The highest BCUT2D eigenvalue weighted by atomic mass is 79.9. The van der Waals surface area contributed by atoms with Crippen LogP contribution in [0.2, 0.25) is 0 Å². The lowest BCUT2D eigenvalue weighted by molar-refractivity contribution is -0.145. The lowest BCUT2D eigenvalue weighted by atomic mass is 10.1. The van der Waals surface area contributed by atoms with E-state index in [1.807, 2.05) is 36.5 Å². The zero-order chi connectivity index (χ0) is 20.1. The number of carbonyl (C=O) groups is 2. The summed E-state index contributed by atoms with van der Waals surface area (Å²) in [5, 5.41) is 2.74. The topological polar surface area (TPSA) is 98.7 Å². The normalized spacial score (nSPS) is 11.6. The lowest BCUT2D eigenvalue weighted by Gasteiger charge is -2.17. The molecule has 1 amide bonds. The minimum Gasteiger partial charge on any atom is -0.464 e. The van der Waals surface area contributed by atoms with Crippen molar-refractivity contribution in [2.75, 3.05) is 6.61 Å². The number of fused-ring (bicyclic) bond motifs is 1. The molecule has 3 aromatic rings. The minimum atomic E-state index is -0.807. The number of amides is 1. The average Bonchev–Trinajstić information content (AvgIpc) is 3.12. The number of hydrogen-bond acceptors (Lipinski definition) is 5. The first-order valence-corrected chi connectivity index (χ1v) is 9.69. The average molecular weight is 482 g/mol. The molecule has 1 atom stereocenters. The summed E-state index contributed by atoms with van der Waals surface area (Å²) in [7, 11) is 0.